The molecule has 6 nitrogen and oxygen atoms in total. The average molecular weight is 1200 g/mol. The number of hydrogen-bond acceptors (Lipinski definition) is 5. The minimum Gasteiger partial charge on any atom is -0.466 e. The van der Waals surface area contributed by atoms with Crippen molar-refractivity contribution in [2.45, 2.75) is 456 Å². The first-order chi connectivity index (χ1) is 42.0. The number of carbonyl (C=O) groups excluding carboxylic acids is 2. The van der Waals surface area contributed by atoms with Crippen LogP contribution in [-0.2, 0) is 14.3 Å². The smallest absolute Gasteiger partial charge is 0.305 e. The Hall–Kier alpha value is -1.66. The summed E-state index contributed by atoms with van der Waals surface area (Å²) in [7, 11) is 0. The fourth-order valence-corrected chi connectivity index (χ4v) is 12.5. The van der Waals surface area contributed by atoms with Crippen LogP contribution in [0.1, 0.15) is 444 Å². The summed E-state index contributed by atoms with van der Waals surface area (Å²) in [6.45, 7) is 4.94. The van der Waals surface area contributed by atoms with Crippen molar-refractivity contribution in [1.29, 1.82) is 0 Å². The average Bonchev–Trinajstić information content (AvgIpc) is 3.50. The van der Waals surface area contributed by atoms with E-state index in [2.05, 4.69) is 31.3 Å². The lowest BCUT2D eigenvalue weighted by Crippen LogP contribution is -2.45. The van der Waals surface area contributed by atoms with Crippen LogP contribution in [0.2, 0.25) is 0 Å². The molecule has 85 heavy (non-hydrogen) atoms. The van der Waals surface area contributed by atoms with Crippen LogP contribution >= 0.6 is 0 Å². The van der Waals surface area contributed by atoms with Crippen molar-refractivity contribution in [2.75, 3.05) is 13.2 Å². The van der Waals surface area contributed by atoms with Gasteiger partial charge in [0.05, 0.1) is 25.4 Å². The Kier molecular flexibility index (Phi) is 73.3. The van der Waals surface area contributed by atoms with Gasteiger partial charge in [-0.3, -0.25) is 9.59 Å². The molecule has 0 heterocycles. The summed E-state index contributed by atoms with van der Waals surface area (Å²) >= 11 is 0. The molecule has 0 spiro atoms. The topological polar surface area (TPSA) is 95.9 Å². The van der Waals surface area contributed by atoms with Crippen molar-refractivity contribution in [3.8, 4) is 0 Å². The Bertz CT molecular complexity index is 1330. The Labute approximate surface area is 532 Å². The minimum atomic E-state index is -0.843. The second-order valence-electron chi connectivity index (χ2n) is 27.0. The molecule has 2 unspecified atom stereocenters. The summed E-state index contributed by atoms with van der Waals surface area (Å²) in [4.78, 5) is 24.6. The Morgan fingerprint density at radius 1 is 0.318 bits per heavy atom. The fraction of sp³-hybridized carbons (Fsp3) is 0.924. The first-order valence-electron chi connectivity index (χ1n) is 39.1. The van der Waals surface area contributed by atoms with E-state index in [0.717, 1.165) is 44.9 Å². The van der Waals surface area contributed by atoms with Gasteiger partial charge in [-0.2, -0.15) is 0 Å². The molecule has 0 rings (SSSR count). The zero-order valence-electron chi connectivity index (χ0n) is 57.9. The largest absolute Gasteiger partial charge is 0.466 e. The quantitative estimate of drug-likeness (QED) is 0.0320. The molecule has 2 atom stereocenters. The number of allylic oxidation sites excluding steroid dienone is 3. The molecule has 0 aromatic rings. The van der Waals surface area contributed by atoms with Crippen LogP contribution in [0.3, 0.4) is 0 Å². The van der Waals surface area contributed by atoms with Gasteiger partial charge in [0.15, 0.2) is 0 Å². The van der Waals surface area contributed by atoms with E-state index in [-0.39, 0.29) is 18.5 Å². The van der Waals surface area contributed by atoms with Crippen LogP contribution in [-0.4, -0.2) is 47.4 Å². The number of ether oxygens (including phenoxy) is 1. The molecule has 0 aromatic carbocycles. The number of carbonyl (C=O) groups is 2. The van der Waals surface area contributed by atoms with Crippen molar-refractivity contribution in [1.82, 2.24) is 5.32 Å². The van der Waals surface area contributed by atoms with Crippen molar-refractivity contribution < 1.29 is 24.5 Å². The van der Waals surface area contributed by atoms with Crippen LogP contribution in [0, 0.1) is 0 Å². The number of esters is 1. The normalized spacial score (nSPS) is 12.6. The van der Waals surface area contributed by atoms with E-state index in [4.69, 9.17) is 4.74 Å². The van der Waals surface area contributed by atoms with E-state index in [9.17, 15) is 19.8 Å². The van der Waals surface area contributed by atoms with Gasteiger partial charge in [0.2, 0.25) is 5.91 Å². The molecule has 1 amide bonds. The Morgan fingerprint density at radius 2 is 0.553 bits per heavy atom. The van der Waals surface area contributed by atoms with Gasteiger partial charge in [-0.25, -0.2) is 0 Å². The Morgan fingerprint density at radius 3 is 0.835 bits per heavy atom. The molecule has 0 aliphatic rings. The molecule has 504 valence electrons. The summed E-state index contributed by atoms with van der Waals surface area (Å²) in [6.07, 6.45) is 95.8. The first-order valence-corrected chi connectivity index (χ1v) is 39.1. The van der Waals surface area contributed by atoms with Crippen molar-refractivity contribution in [2.24, 2.45) is 0 Å². The molecule has 0 fully saturated rings. The minimum absolute atomic E-state index is 0.0127. The van der Waals surface area contributed by atoms with Crippen molar-refractivity contribution in [3.63, 3.8) is 0 Å². The predicted molar refractivity (Wildman–Crippen MR) is 375 cm³/mol. The van der Waals surface area contributed by atoms with E-state index in [1.807, 2.05) is 6.08 Å². The molecule has 0 saturated carbocycles. The highest BCUT2D eigenvalue weighted by molar-refractivity contribution is 5.76. The number of rotatable bonds is 74. The summed E-state index contributed by atoms with van der Waals surface area (Å²) in [6, 6.07) is -0.626. The summed E-state index contributed by atoms with van der Waals surface area (Å²) in [5.41, 5.74) is 0. The number of amides is 1. The van der Waals surface area contributed by atoms with Gasteiger partial charge < -0.3 is 20.3 Å². The molecule has 0 aromatic heterocycles. The highest BCUT2D eigenvalue weighted by Gasteiger charge is 2.18. The summed E-state index contributed by atoms with van der Waals surface area (Å²) < 4.78 is 5.49. The zero-order chi connectivity index (χ0) is 61.3. The fourth-order valence-electron chi connectivity index (χ4n) is 12.5. The van der Waals surface area contributed by atoms with Gasteiger partial charge in [-0.05, 0) is 57.8 Å². The molecule has 0 bridgehead atoms. The maximum absolute atomic E-state index is 12.5. The van der Waals surface area contributed by atoms with Gasteiger partial charge in [0.25, 0.3) is 0 Å². The van der Waals surface area contributed by atoms with Gasteiger partial charge in [0, 0.05) is 12.8 Å². The number of unbranched alkanes of at least 4 members (excludes halogenated alkanes) is 61. The summed E-state index contributed by atoms with van der Waals surface area (Å²) in [5.74, 6) is -0.0459. The lowest BCUT2D eigenvalue weighted by atomic mass is 10.0. The van der Waals surface area contributed by atoms with E-state index in [0.29, 0.717) is 19.4 Å². The maximum atomic E-state index is 12.5. The third-order valence-corrected chi connectivity index (χ3v) is 18.5. The summed E-state index contributed by atoms with van der Waals surface area (Å²) in [5, 5.41) is 23.3. The van der Waals surface area contributed by atoms with Crippen LogP contribution < -0.4 is 5.32 Å². The van der Waals surface area contributed by atoms with Crippen LogP contribution in [0.15, 0.2) is 24.3 Å². The monoisotopic (exact) mass is 1200 g/mol. The van der Waals surface area contributed by atoms with Gasteiger partial charge in [-0.15, -0.1) is 0 Å². The van der Waals surface area contributed by atoms with Gasteiger partial charge in [0.1, 0.15) is 0 Å². The van der Waals surface area contributed by atoms with Crippen molar-refractivity contribution in [3.05, 3.63) is 24.3 Å². The third-order valence-electron chi connectivity index (χ3n) is 18.5. The van der Waals surface area contributed by atoms with Crippen LogP contribution in [0.25, 0.3) is 0 Å². The van der Waals surface area contributed by atoms with Crippen LogP contribution in [0.5, 0.6) is 0 Å². The number of hydrogen-bond donors (Lipinski definition) is 3. The molecule has 0 saturated heterocycles. The maximum Gasteiger partial charge on any atom is 0.305 e. The van der Waals surface area contributed by atoms with Gasteiger partial charge in [-0.1, -0.05) is 398 Å². The molecule has 0 aliphatic carbocycles. The van der Waals surface area contributed by atoms with E-state index in [1.54, 1.807) is 6.08 Å². The molecule has 0 radical (unpaired) electrons. The molecule has 0 aliphatic heterocycles. The Balaban J connectivity index is 3.36. The highest BCUT2D eigenvalue weighted by Crippen LogP contribution is 2.20. The number of nitrogens with one attached hydrogen (secondary N) is 1. The molecular formula is C79H153NO5. The molecule has 3 N–H and O–H groups in total. The standard InChI is InChI=1S/C79H153NO5/c1-3-5-7-9-11-13-15-17-19-20-21-22-32-35-38-41-44-47-51-55-59-63-67-71-77(82)76(75-81)80-78(83)72-68-64-60-56-52-48-45-42-39-36-33-30-28-26-24-23-25-27-29-31-34-37-40-43-46-50-54-58-62-66-70-74-85-79(84)73-69-65-61-57-53-49-18-16-14-12-10-8-6-4-2/h16,18,67,71,76-77,81-82H,3-15,17,19-66,68-70,72-75H2,1-2H3,(H,80,83)/b18-16-,71-67+. The highest BCUT2D eigenvalue weighted by atomic mass is 16.5. The predicted octanol–water partition coefficient (Wildman–Crippen LogP) is 25.7. The van der Waals surface area contributed by atoms with Crippen LogP contribution in [0.4, 0.5) is 0 Å². The first kappa shape index (κ1) is 83.3. The molecular weight excluding hydrogens is 1040 g/mol. The van der Waals surface area contributed by atoms with E-state index >= 15 is 0 Å². The SMILES string of the molecule is CCCCCCC/C=C\CCCCCCCC(=O)OCCCCCCCCCCCCCCCCCCCCCCCCCCCCCCCCCC(=O)NC(CO)C(O)/C=C/CCCCCCCCCCCCCCCCCCCCCCC. The van der Waals surface area contributed by atoms with E-state index < -0.39 is 12.1 Å². The second-order valence-corrected chi connectivity index (χ2v) is 27.0. The second kappa shape index (κ2) is 74.8. The third kappa shape index (κ3) is 71.3. The van der Waals surface area contributed by atoms with Crippen molar-refractivity contribution >= 4 is 11.9 Å². The molecule has 6 heteroatoms. The zero-order valence-corrected chi connectivity index (χ0v) is 57.9. The van der Waals surface area contributed by atoms with Gasteiger partial charge >= 0.3 is 5.97 Å². The lowest BCUT2D eigenvalue weighted by Gasteiger charge is -2.20. The number of aliphatic hydroxyl groups is 2. The van der Waals surface area contributed by atoms with E-state index in [1.165, 1.54) is 372 Å². The lowest BCUT2D eigenvalue weighted by molar-refractivity contribution is -0.143. The number of aliphatic hydroxyl groups excluding tert-OH is 2.